The minimum absolute atomic E-state index is 0.486. The van der Waals surface area contributed by atoms with Gasteiger partial charge in [-0.05, 0) is 20.8 Å². The average Bonchev–Trinajstić information content (AvgIpc) is 1.80. The van der Waals surface area contributed by atoms with Crippen LogP contribution in [0.4, 0.5) is 0 Å². The van der Waals surface area contributed by atoms with Crippen LogP contribution in [-0.2, 0) is 13.3 Å². The monoisotopic (exact) mass is 265 g/mol. The highest BCUT2D eigenvalue weighted by atomic mass is 35.5. The second-order valence-electron chi connectivity index (χ2n) is 2.23. The third-order valence-electron chi connectivity index (χ3n) is 0.776. The first-order valence-corrected chi connectivity index (χ1v) is 6.24. The molecule has 0 aromatic carbocycles. The van der Waals surface area contributed by atoms with Crippen LogP contribution in [0, 0.1) is 0 Å². The van der Waals surface area contributed by atoms with Gasteiger partial charge in [0.25, 0.3) is 0 Å². The standard InChI is InChI=1S/C6H12Cl3O3Si/c1-4(7)10-13(11-5(2)8)12-6(3)9/h4-6H,1-3H3. The van der Waals surface area contributed by atoms with Gasteiger partial charge in [-0.2, -0.15) is 0 Å². The number of hydrogen-bond acceptors (Lipinski definition) is 3. The quantitative estimate of drug-likeness (QED) is 0.546. The lowest BCUT2D eigenvalue weighted by Crippen LogP contribution is -2.33. The van der Waals surface area contributed by atoms with Crippen LogP contribution in [0.2, 0.25) is 0 Å². The molecule has 0 saturated heterocycles. The van der Waals surface area contributed by atoms with E-state index in [0.717, 1.165) is 0 Å². The van der Waals surface area contributed by atoms with Crippen molar-refractivity contribution in [3.05, 3.63) is 0 Å². The molecule has 79 valence electrons. The lowest BCUT2D eigenvalue weighted by atomic mass is 10.9. The topological polar surface area (TPSA) is 27.7 Å². The largest absolute Gasteiger partial charge is 0.581 e. The van der Waals surface area contributed by atoms with Gasteiger partial charge in [-0.15, -0.1) is 0 Å². The summed E-state index contributed by atoms with van der Waals surface area (Å²) in [6, 6.07) is 0. The molecule has 0 aromatic rings. The van der Waals surface area contributed by atoms with E-state index in [4.69, 9.17) is 48.1 Å². The lowest BCUT2D eigenvalue weighted by molar-refractivity contribution is 0.0757. The van der Waals surface area contributed by atoms with Crippen LogP contribution < -0.4 is 0 Å². The molecule has 0 aliphatic heterocycles. The Bertz CT molecular complexity index is 111. The third kappa shape index (κ3) is 9.28. The predicted molar refractivity (Wildman–Crippen MR) is 55.0 cm³/mol. The first-order valence-electron chi connectivity index (χ1n) is 3.71. The SMILES string of the molecule is CC(Cl)O[Si](OC(C)Cl)OC(C)Cl. The smallest absolute Gasteiger partial charge is 0.354 e. The van der Waals surface area contributed by atoms with Crippen LogP contribution >= 0.6 is 34.8 Å². The molecule has 0 N–H and O–H groups in total. The Hall–Kier alpha value is 0.967. The van der Waals surface area contributed by atoms with E-state index in [-0.39, 0.29) is 0 Å². The van der Waals surface area contributed by atoms with Crippen LogP contribution in [0.1, 0.15) is 20.8 Å². The second-order valence-corrected chi connectivity index (χ2v) is 5.28. The summed E-state index contributed by atoms with van der Waals surface area (Å²) in [5.41, 5.74) is -1.46. The molecule has 0 spiro atoms. The molecule has 3 unspecified atom stereocenters. The number of halogens is 3. The van der Waals surface area contributed by atoms with Crippen molar-refractivity contribution < 1.29 is 13.3 Å². The van der Waals surface area contributed by atoms with Gasteiger partial charge in [0, 0.05) is 0 Å². The minimum Gasteiger partial charge on any atom is -0.354 e. The Morgan fingerprint density at radius 2 is 1.00 bits per heavy atom. The molecule has 0 bridgehead atoms. The highest BCUT2D eigenvalue weighted by Crippen LogP contribution is 2.10. The molecule has 1 radical (unpaired) electrons. The first-order chi connectivity index (χ1) is 5.91. The molecule has 0 rings (SSSR count). The van der Waals surface area contributed by atoms with Gasteiger partial charge >= 0.3 is 9.53 Å². The molecule has 0 aliphatic rings. The van der Waals surface area contributed by atoms with Crippen molar-refractivity contribution in [2.45, 2.75) is 37.5 Å². The predicted octanol–water partition coefficient (Wildman–Crippen LogP) is 2.78. The van der Waals surface area contributed by atoms with Crippen LogP contribution in [0.5, 0.6) is 0 Å². The van der Waals surface area contributed by atoms with E-state index in [1.54, 1.807) is 20.8 Å². The fraction of sp³-hybridized carbons (Fsp3) is 1.00. The van der Waals surface area contributed by atoms with Crippen molar-refractivity contribution in [2.75, 3.05) is 0 Å². The summed E-state index contributed by atoms with van der Waals surface area (Å²) in [5, 5.41) is 0. The minimum atomic E-state index is -1.94. The maximum atomic E-state index is 5.60. The normalized spacial score (nSPS) is 18.7. The van der Waals surface area contributed by atoms with Gasteiger partial charge in [-0.1, -0.05) is 34.8 Å². The van der Waals surface area contributed by atoms with E-state index in [9.17, 15) is 0 Å². The summed E-state index contributed by atoms with van der Waals surface area (Å²) in [7, 11) is -1.94. The van der Waals surface area contributed by atoms with Gasteiger partial charge in [0.2, 0.25) is 0 Å². The molecule has 0 aromatic heterocycles. The highest BCUT2D eigenvalue weighted by molar-refractivity contribution is 6.40. The molecule has 3 nitrogen and oxygen atoms in total. The van der Waals surface area contributed by atoms with Gasteiger partial charge in [0.1, 0.15) is 16.7 Å². The molecule has 0 fully saturated rings. The fourth-order valence-corrected chi connectivity index (χ4v) is 2.10. The van der Waals surface area contributed by atoms with E-state index in [2.05, 4.69) is 0 Å². The zero-order valence-electron chi connectivity index (χ0n) is 7.59. The number of alkyl halides is 3. The van der Waals surface area contributed by atoms with Crippen molar-refractivity contribution in [2.24, 2.45) is 0 Å². The molecule has 13 heavy (non-hydrogen) atoms. The van der Waals surface area contributed by atoms with E-state index in [0.29, 0.717) is 0 Å². The highest BCUT2D eigenvalue weighted by Gasteiger charge is 2.25. The molecule has 3 atom stereocenters. The van der Waals surface area contributed by atoms with Crippen LogP contribution in [0.25, 0.3) is 0 Å². The first kappa shape index (κ1) is 14.0. The molecule has 0 saturated carbocycles. The molecule has 0 aliphatic carbocycles. The van der Waals surface area contributed by atoms with Crippen molar-refractivity contribution in [3.63, 3.8) is 0 Å². The van der Waals surface area contributed by atoms with Crippen LogP contribution in [0.15, 0.2) is 0 Å². The maximum absolute atomic E-state index is 5.60. The van der Waals surface area contributed by atoms with Gasteiger partial charge in [0.15, 0.2) is 0 Å². The summed E-state index contributed by atoms with van der Waals surface area (Å²) in [4.78, 5) is 0. The van der Waals surface area contributed by atoms with E-state index < -0.39 is 26.2 Å². The summed E-state index contributed by atoms with van der Waals surface area (Å²) in [5.74, 6) is 0. The van der Waals surface area contributed by atoms with Crippen molar-refractivity contribution >= 4 is 44.3 Å². The Morgan fingerprint density at radius 1 is 0.769 bits per heavy atom. The van der Waals surface area contributed by atoms with Gasteiger partial charge < -0.3 is 13.3 Å². The third-order valence-corrected chi connectivity index (χ3v) is 3.13. The number of rotatable bonds is 6. The second kappa shape index (κ2) is 7.28. The summed E-state index contributed by atoms with van der Waals surface area (Å²) in [6.45, 7) is 4.99. The Balaban J connectivity index is 3.87. The van der Waals surface area contributed by atoms with Crippen molar-refractivity contribution in [1.29, 1.82) is 0 Å². The molecule has 0 heterocycles. The zero-order chi connectivity index (χ0) is 10.4. The van der Waals surface area contributed by atoms with Crippen molar-refractivity contribution in [3.8, 4) is 0 Å². The summed E-state index contributed by atoms with van der Waals surface area (Å²) >= 11 is 16.8. The van der Waals surface area contributed by atoms with E-state index in [1.807, 2.05) is 0 Å². The van der Waals surface area contributed by atoms with Gasteiger partial charge in [-0.3, -0.25) is 0 Å². The lowest BCUT2D eigenvalue weighted by Gasteiger charge is -2.18. The maximum Gasteiger partial charge on any atom is 0.581 e. The average molecular weight is 267 g/mol. The molecular weight excluding hydrogens is 255 g/mol. The molecular formula is C6H12Cl3O3Si. The molecule has 0 amide bonds. The fourth-order valence-electron chi connectivity index (χ4n) is 0.481. The Kier molecular flexibility index (Phi) is 7.83. The van der Waals surface area contributed by atoms with Gasteiger partial charge in [0.05, 0.1) is 0 Å². The molecule has 7 heteroatoms. The van der Waals surface area contributed by atoms with Crippen LogP contribution in [-0.4, -0.2) is 26.2 Å². The van der Waals surface area contributed by atoms with Crippen LogP contribution in [0.3, 0.4) is 0 Å². The van der Waals surface area contributed by atoms with Gasteiger partial charge in [-0.25, -0.2) is 0 Å². The van der Waals surface area contributed by atoms with Crippen molar-refractivity contribution in [1.82, 2.24) is 0 Å². The number of hydrogen-bond donors (Lipinski definition) is 0. The Labute approximate surface area is 95.2 Å². The van der Waals surface area contributed by atoms with E-state index >= 15 is 0 Å². The van der Waals surface area contributed by atoms with E-state index in [1.165, 1.54) is 0 Å². The summed E-state index contributed by atoms with van der Waals surface area (Å²) < 4.78 is 15.4. The summed E-state index contributed by atoms with van der Waals surface area (Å²) in [6.07, 6.45) is 0. The Morgan fingerprint density at radius 3 is 1.15 bits per heavy atom. The zero-order valence-corrected chi connectivity index (χ0v) is 10.9.